The number of nitrogens with zero attached hydrogens (tertiary/aromatic N) is 2. The molecule has 0 aromatic carbocycles. The van der Waals surface area contributed by atoms with Crippen LogP contribution >= 0.6 is 0 Å². The molecule has 0 radical (unpaired) electrons. The summed E-state index contributed by atoms with van der Waals surface area (Å²) < 4.78 is 7.22. The van der Waals surface area contributed by atoms with Crippen LogP contribution < -0.4 is 0 Å². The van der Waals surface area contributed by atoms with Crippen molar-refractivity contribution >= 4 is 5.97 Å². The Labute approximate surface area is 112 Å². The largest absolute Gasteiger partial charge is 0.479 e. The molecule has 1 spiro atoms. The predicted molar refractivity (Wildman–Crippen MR) is 68.8 cm³/mol. The molecule has 1 N–H and O–H groups in total. The fourth-order valence-electron chi connectivity index (χ4n) is 3.59. The summed E-state index contributed by atoms with van der Waals surface area (Å²) in [6, 6.07) is 0. The predicted octanol–water partition coefficient (Wildman–Crippen LogP) is 2.03. The molecule has 0 unspecified atom stereocenters. The van der Waals surface area contributed by atoms with Crippen LogP contribution in [0.1, 0.15) is 38.5 Å². The molecule has 104 valence electrons. The summed E-state index contributed by atoms with van der Waals surface area (Å²) >= 11 is 0. The van der Waals surface area contributed by atoms with Crippen LogP contribution in [0.5, 0.6) is 0 Å². The molecule has 1 aromatic rings. The first-order valence-corrected chi connectivity index (χ1v) is 6.97. The van der Waals surface area contributed by atoms with Crippen molar-refractivity contribution < 1.29 is 14.6 Å². The lowest BCUT2D eigenvalue weighted by Crippen LogP contribution is -2.48. The Morgan fingerprint density at radius 3 is 2.37 bits per heavy atom. The van der Waals surface area contributed by atoms with Gasteiger partial charge in [0.25, 0.3) is 0 Å². The van der Waals surface area contributed by atoms with Crippen LogP contribution in [-0.4, -0.2) is 33.8 Å². The van der Waals surface area contributed by atoms with Gasteiger partial charge in [0.05, 0.1) is 6.33 Å². The van der Waals surface area contributed by atoms with Crippen LogP contribution in [-0.2, 0) is 15.1 Å². The number of imidazole rings is 1. The second-order valence-corrected chi connectivity index (χ2v) is 5.92. The summed E-state index contributed by atoms with van der Waals surface area (Å²) in [5.41, 5.74) is -0.474. The van der Waals surface area contributed by atoms with Gasteiger partial charge in [0.1, 0.15) is 5.54 Å². The van der Waals surface area contributed by atoms with E-state index in [9.17, 15) is 9.90 Å². The van der Waals surface area contributed by atoms with Crippen molar-refractivity contribution in [3.8, 4) is 0 Å². The molecule has 1 saturated heterocycles. The number of ether oxygens (including phenoxy) is 1. The van der Waals surface area contributed by atoms with Crippen LogP contribution in [0.3, 0.4) is 0 Å². The van der Waals surface area contributed by atoms with Crippen molar-refractivity contribution in [2.75, 3.05) is 13.2 Å². The van der Waals surface area contributed by atoms with Gasteiger partial charge in [-0.3, -0.25) is 0 Å². The number of hydrogen-bond donors (Lipinski definition) is 1. The fourth-order valence-corrected chi connectivity index (χ4v) is 3.59. The Morgan fingerprint density at radius 1 is 1.16 bits per heavy atom. The third-order valence-corrected chi connectivity index (χ3v) is 5.09. The fraction of sp³-hybridized carbons (Fsp3) is 0.714. The van der Waals surface area contributed by atoms with Crippen molar-refractivity contribution in [3.63, 3.8) is 0 Å². The third kappa shape index (κ3) is 2.06. The van der Waals surface area contributed by atoms with Crippen molar-refractivity contribution in [2.45, 2.75) is 44.1 Å². The van der Waals surface area contributed by atoms with Gasteiger partial charge in [-0.25, -0.2) is 9.78 Å². The second kappa shape index (κ2) is 4.63. The summed E-state index contributed by atoms with van der Waals surface area (Å²) in [6.45, 7) is 1.65. The van der Waals surface area contributed by atoms with Crippen LogP contribution in [0, 0.1) is 5.41 Å². The highest BCUT2D eigenvalue weighted by molar-refractivity contribution is 5.77. The maximum absolute atomic E-state index is 11.8. The van der Waals surface area contributed by atoms with Gasteiger partial charge in [-0.1, -0.05) is 0 Å². The average molecular weight is 264 g/mol. The molecular weight excluding hydrogens is 244 g/mol. The average Bonchev–Trinajstić information content (AvgIpc) is 2.95. The van der Waals surface area contributed by atoms with E-state index in [4.69, 9.17) is 4.74 Å². The van der Waals surface area contributed by atoms with Gasteiger partial charge in [-0.2, -0.15) is 0 Å². The van der Waals surface area contributed by atoms with Crippen LogP contribution in [0.15, 0.2) is 18.7 Å². The topological polar surface area (TPSA) is 64.3 Å². The van der Waals surface area contributed by atoms with E-state index in [1.165, 1.54) is 0 Å². The van der Waals surface area contributed by atoms with Crippen molar-refractivity contribution in [3.05, 3.63) is 18.7 Å². The molecule has 0 bridgehead atoms. The van der Waals surface area contributed by atoms with Crippen molar-refractivity contribution in [1.82, 2.24) is 9.55 Å². The molecule has 0 amide bonds. The van der Waals surface area contributed by atoms with Crippen LogP contribution in [0.4, 0.5) is 0 Å². The summed E-state index contributed by atoms with van der Waals surface area (Å²) in [4.78, 5) is 15.8. The minimum atomic E-state index is -0.792. The summed E-state index contributed by atoms with van der Waals surface area (Å²) in [5, 5.41) is 9.67. The Kier molecular flexibility index (Phi) is 3.09. The molecule has 1 aliphatic heterocycles. The molecule has 3 rings (SSSR count). The van der Waals surface area contributed by atoms with Gasteiger partial charge in [-0.05, 0) is 43.9 Å². The lowest BCUT2D eigenvalue weighted by Gasteiger charge is -2.46. The zero-order valence-corrected chi connectivity index (χ0v) is 11.0. The summed E-state index contributed by atoms with van der Waals surface area (Å²) in [5.74, 6) is -0.729. The zero-order chi connectivity index (χ0) is 13.3. The van der Waals surface area contributed by atoms with Gasteiger partial charge in [0.15, 0.2) is 0 Å². The van der Waals surface area contributed by atoms with E-state index in [1.54, 1.807) is 23.3 Å². The molecule has 0 atom stereocenters. The van der Waals surface area contributed by atoms with Crippen LogP contribution in [0.25, 0.3) is 0 Å². The molecule has 2 aliphatic rings. The number of rotatable bonds is 2. The van der Waals surface area contributed by atoms with Gasteiger partial charge in [-0.15, -0.1) is 0 Å². The number of hydrogen-bond acceptors (Lipinski definition) is 3. The van der Waals surface area contributed by atoms with Crippen molar-refractivity contribution in [1.29, 1.82) is 0 Å². The van der Waals surface area contributed by atoms with Gasteiger partial charge >= 0.3 is 5.97 Å². The van der Waals surface area contributed by atoms with E-state index in [2.05, 4.69) is 4.98 Å². The van der Waals surface area contributed by atoms with E-state index in [0.29, 0.717) is 18.3 Å². The monoisotopic (exact) mass is 264 g/mol. The summed E-state index contributed by atoms with van der Waals surface area (Å²) in [7, 11) is 0. The zero-order valence-electron chi connectivity index (χ0n) is 11.0. The van der Waals surface area contributed by atoms with E-state index >= 15 is 0 Å². The summed E-state index contributed by atoms with van der Waals surface area (Å²) in [6.07, 6.45) is 10.5. The highest BCUT2D eigenvalue weighted by atomic mass is 16.5. The first-order chi connectivity index (χ1) is 9.17. The lowest BCUT2D eigenvalue weighted by atomic mass is 9.64. The third-order valence-electron chi connectivity index (χ3n) is 5.09. The number of aliphatic carboxylic acids is 1. The standard InChI is InChI=1S/C14H20N2O3/c17-12(18)14(16-8-7-15-11-16)3-1-13(2-4-14)5-9-19-10-6-13/h7-8,11H,1-6,9-10H2,(H,17,18). The second-order valence-electron chi connectivity index (χ2n) is 5.92. The minimum Gasteiger partial charge on any atom is -0.479 e. The number of carbonyl (C=O) groups is 1. The van der Waals surface area contributed by atoms with Crippen LogP contribution in [0.2, 0.25) is 0 Å². The maximum atomic E-state index is 11.8. The highest BCUT2D eigenvalue weighted by Gasteiger charge is 2.48. The molecular formula is C14H20N2O3. The van der Waals surface area contributed by atoms with Crippen molar-refractivity contribution in [2.24, 2.45) is 5.41 Å². The first kappa shape index (κ1) is 12.7. The molecule has 2 fully saturated rings. The molecule has 5 heteroatoms. The van der Waals surface area contributed by atoms with Gasteiger partial charge < -0.3 is 14.4 Å². The molecule has 5 nitrogen and oxygen atoms in total. The molecule has 19 heavy (non-hydrogen) atoms. The Balaban J connectivity index is 1.81. The quantitative estimate of drug-likeness (QED) is 0.887. The number of carboxylic acid groups (broad SMARTS) is 1. The molecule has 2 heterocycles. The smallest absolute Gasteiger partial charge is 0.329 e. The maximum Gasteiger partial charge on any atom is 0.329 e. The normalized spacial score (nSPS) is 25.3. The number of aromatic nitrogens is 2. The Hall–Kier alpha value is -1.36. The lowest BCUT2D eigenvalue weighted by molar-refractivity contribution is -0.152. The van der Waals surface area contributed by atoms with E-state index in [1.807, 2.05) is 0 Å². The first-order valence-electron chi connectivity index (χ1n) is 6.97. The number of carboxylic acids is 1. The van der Waals surface area contributed by atoms with Gasteiger partial charge in [0, 0.05) is 25.6 Å². The molecule has 1 aromatic heterocycles. The molecule has 1 aliphatic carbocycles. The van der Waals surface area contributed by atoms with E-state index < -0.39 is 11.5 Å². The highest BCUT2D eigenvalue weighted by Crippen LogP contribution is 2.49. The SMILES string of the molecule is O=C(O)C1(n2ccnc2)CCC2(CCOCC2)CC1. The van der Waals surface area contributed by atoms with E-state index in [-0.39, 0.29) is 0 Å². The Bertz CT molecular complexity index is 439. The Morgan fingerprint density at radius 2 is 1.84 bits per heavy atom. The molecule has 1 saturated carbocycles. The van der Waals surface area contributed by atoms with E-state index in [0.717, 1.165) is 38.9 Å². The van der Waals surface area contributed by atoms with Gasteiger partial charge in [0.2, 0.25) is 0 Å². The minimum absolute atomic E-state index is 0.317.